The molecule has 1 fully saturated rings. The molecule has 1 aliphatic rings. The summed E-state index contributed by atoms with van der Waals surface area (Å²) in [6.07, 6.45) is 0.871. The number of rotatable bonds is 6. The lowest BCUT2D eigenvalue weighted by atomic mass is 10.0. The van der Waals surface area contributed by atoms with Crippen LogP contribution in [-0.2, 0) is 4.74 Å². The molecule has 20 heavy (non-hydrogen) atoms. The normalized spacial score (nSPS) is 21.9. The number of morpholine rings is 1. The quantitative estimate of drug-likeness (QED) is 0.822. The van der Waals surface area contributed by atoms with Crippen molar-refractivity contribution in [2.45, 2.75) is 18.5 Å². The number of aliphatic hydroxyl groups is 1. The number of aliphatic hydroxyl groups excluding tert-OH is 1. The van der Waals surface area contributed by atoms with Crippen LogP contribution in [-0.4, -0.2) is 56.0 Å². The minimum Gasteiger partial charge on any atom is -0.395 e. The Morgan fingerprint density at radius 3 is 3.10 bits per heavy atom. The zero-order valence-corrected chi connectivity index (χ0v) is 11.9. The van der Waals surface area contributed by atoms with E-state index in [2.05, 4.69) is 10.2 Å². The van der Waals surface area contributed by atoms with E-state index in [0.717, 1.165) is 25.1 Å². The fourth-order valence-corrected chi connectivity index (χ4v) is 2.65. The first-order valence-corrected chi connectivity index (χ1v) is 7.10. The number of halogens is 1. The van der Waals surface area contributed by atoms with Crippen LogP contribution in [0.15, 0.2) is 24.3 Å². The molecule has 1 heterocycles. The molecule has 0 aliphatic carbocycles. The molecule has 0 amide bonds. The van der Waals surface area contributed by atoms with E-state index in [0.29, 0.717) is 13.2 Å². The molecule has 112 valence electrons. The van der Waals surface area contributed by atoms with Gasteiger partial charge in [0.05, 0.1) is 25.9 Å². The first-order valence-electron chi connectivity index (χ1n) is 7.10. The molecule has 0 radical (unpaired) electrons. The van der Waals surface area contributed by atoms with Gasteiger partial charge in [-0.3, -0.25) is 4.90 Å². The van der Waals surface area contributed by atoms with Gasteiger partial charge in [-0.2, -0.15) is 0 Å². The molecule has 1 aliphatic heterocycles. The fourth-order valence-electron chi connectivity index (χ4n) is 2.65. The summed E-state index contributed by atoms with van der Waals surface area (Å²) in [6.45, 7) is 3.10. The Morgan fingerprint density at radius 2 is 2.40 bits per heavy atom. The Labute approximate surface area is 119 Å². The number of nitrogens with one attached hydrogen (secondary N) is 1. The van der Waals surface area contributed by atoms with Gasteiger partial charge >= 0.3 is 0 Å². The van der Waals surface area contributed by atoms with Gasteiger partial charge in [0.1, 0.15) is 5.82 Å². The Morgan fingerprint density at radius 1 is 1.55 bits per heavy atom. The van der Waals surface area contributed by atoms with Crippen LogP contribution in [0.4, 0.5) is 4.39 Å². The van der Waals surface area contributed by atoms with E-state index >= 15 is 0 Å². The average Bonchev–Trinajstić information content (AvgIpc) is 2.48. The first-order chi connectivity index (χ1) is 9.74. The van der Waals surface area contributed by atoms with Crippen molar-refractivity contribution in [3.8, 4) is 0 Å². The highest BCUT2D eigenvalue weighted by atomic mass is 19.1. The molecule has 0 aromatic heterocycles. The second kappa shape index (κ2) is 7.69. The van der Waals surface area contributed by atoms with Crippen molar-refractivity contribution in [2.75, 3.05) is 40.0 Å². The molecule has 0 spiro atoms. The van der Waals surface area contributed by atoms with E-state index in [1.165, 1.54) is 6.07 Å². The lowest BCUT2D eigenvalue weighted by molar-refractivity contribution is -0.0285. The Hall–Kier alpha value is -1.01. The minimum atomic E-state index is -0.206. The first kappa shape index (κ1) is 15.4. The standard InChI is InChI=1S/C15H23FN2O2/c1-17-15(12-3-2-4-13(16)9-12)5-6-18-7-8-20-11-14(18)10-19/h2-4,9,14-15,17,19H,5-8,10-11H2,1H3. The van der Waals surface area contributed by atoms with Gasteiger partial charge in [-0.15, -0.1) is 0 Å². The number of hydrogen-bond donors (Lipinski definition) is 2. The summed E-state index contributed by atoms with van der Waals surface area (Å²) in [6, 6.07) is 6.90. The Bertz CT molecular complexity index is 417. The van der Waals surface area contributed by atoms with Crippen LogP contribution in [0.3, 0.4) is 0 Å². The maximum atomic E-state index is 13.3. The van der Waals surface area contributed by atoms with E-state index in [1.54, 1.807) is 12.1 Å². The van der Waals surface area contributed by atoms with E-state index in [1.807, 2.05) is 13.1 Å². The summed E-state index contributed by atoms with van der Waals surface area (Å²) in [7, 11) is 1.89. The molecule has 1 aromatic rings. The number of nitrogens with zero attached hydrogens (tertiary/aromatic N) is 1. The minimum absolute atomic E-state index is 0.0776. The van der Waals surface area contributed by atoms with E-state index < -0.39 is 0 Å². The van der Waals surface area contributed by atoms with Crippen molar-refractivity contribution in [1.29, 1.82) is 0 Å². The maximum absolute atomic E-state index is 13.3. The largest absolute Gasteiger partial charge is 0.395 e. The number of hydrogen-bond acceptors (Lipinski definition) is 4. The Kier molecular flexibility index (Phi) is 5.91. The van der Waals surface area contributed by atoms with Crippen LogP contribution >= 0.6 is 0 Å². The number of ether oxygens (including phenoxy) is 1. The third kappa shape index (κ3) is 3.99. The SMILES string of the molecule is CNC(CCN1CCOCC1CO)c1cccc(F)c1. The zero-order valence-electron chi connectivity index (χ0n) is 11.9. The molecule has 0 bridgehead atoms. The highest BCUT2D eigenvalue weighted by molar-refractivity contribution is 5.20. The highest BCUT2D eigenvalue weighted by Gasteiger charge is 2.23. The highest BCUT2D eigenvalue weighted by Crippen LogP contribution is 2.19. The van der Waals surface area contributed by atoms with Gasteiger partial charge in [-0.05, 0) is 31.2 Å². The van der Waals surface area contributed by atoms with Gasteiger partial charge in [0.2, 0.25) is 0 Å². The van der Waals surface area contributed by atoms with Crippen LogP contribution in [0, 0.1) is 5.82 Å². The summed E-state index contributed by atoms with van der Waals surface area (Å²) < 4.78 is 18.7. The second-order valence-corrected chi connectivity index (χ2v) is 5.13. The van der Waals surface area contributed by atoms with Crippen LogP contribution in [0.1, 0.15) is 18.0 Å². The van der Waals surface area contributed by atoms with E-state index in [-0.39, 0.29) is 24.5 Å². The monoisotopic (exact) mass is 282 g/mol. The smallest absolute Gasteiger partial charge is 0.123 e. The van der Waals surface area contributed by atoms with Crippen molar-refractivity contribution in [1.82, 2.24) is 10.2 Å². The van der Waals surface area contributed by atoms with Crippen molar-refractivity contribution >= 4 is 0 Å². The fraction of sp³-hybridized carbons (Fsp3) is 0.600. The number of benzene rings is 1. The van der Waals surface area contributed by atoms with Gasteiger partial charge < -0.3 is 15.2 Å². The molecule has 1 aromatic carbocycles. The third-order valence-electron chi connectivity index (χ3n) is 3.86. The van der Waals surface area contributed by atoms with Crippen LogP contribution < -0.4 is 5.32 Å². The van der Waals surface area contributed by atoms with Crippen molar-refractivity contribution in [3.63, 3.8) is 0 Å². The predicted octanol–water partition coefficient (Wildman–Crippen LogP) is 1.17. The molecule has 1 saturated heterocycles. The van der Waals surface area contributed by atoms with E-state index in [4.69, 9.17) is 4.74 Å². The van der Waals surface area contributed by atoms with Gasteiger partial charge in [0.25, 0.3) is 0 Å². The summed E-state index contributed by atoms with van der Waals surface area (Å²) in [5.74, 6) is -0.206. The molecule has 0 saturated carbocycles. The predicted molar refractivity (Wildman–Crippen MR) is 76.1 cm³/mol. The second-order valence-electron chi connectivity index (χ2n) is 5.13. The zero-order chi connectivity index (χ0) is 14.4. The van der Waals surface area contributed by atoms with Crippen molar-refractivity contribution in [3.05, 3.63) is 35.6 Å². The molecular weight excluding hydrogens is 259 g/mol. The van der Waals surface area contributed by atoms with Gasteiger partial charge in [0.15, 0.2) is 0 Å². The molecule has 2 N–H and O–H groups in total. The summed E-state index contributed by atoms with van der Waals surface area (Å²) in [4.78, 5) is 2.24. The van der Waals surface area contributed by atoms with Crippen LogP contribution in [0.5, 0.6) is 0 Å². The van der Waals surface area contributed by atoms with E-state index in [9.17, 15) is 9.50 Å². The molecule has 2 unspecified atom stereocenters. The van der Waals surface area contributed by atoms with Crippen molar-refractivity contribution in [2.24, 2.45) is 0 Å². The maximum Gasteiger partial charge on any atom is 0.123 e. The van der Waals surface area contributed by atoms with Gasteiger partial charge in [-0.25, -0.2) is 4.39 Å². The summed E-state index contributed by atoms with van der Waals surface area (Å²) >= 11 is 0. The lowest BCUT2D eigenvalue weighted by Crippen LogP contribution is -2.48. The lowest BCUT2D eigenvalue weighted by Gasteiger charge is -2.35. The third-order valence-corrected chi connectivity index (χ3v) is 3.86. The van der Waals surface area contributed by atoms with Crippen LogP contribution in [0.2, 0.25) is 0 Å². The summed E-state index contributed by atoms with van der Waals surface area (Å²) in [5.41, 5.74) is 0.960. The van der Waals surface area contributed by atoms with Crippen LogP contribution in [0.25, 0.3) is 0 Å². The molecule has 2 atom stereocenters. The Balaban J connectivity index is 1.93. The molecule has 2 rings (SSSR count). The molecular formula is C15H23FN2O2. The van der Waals surface area contributed by atoms with Crippen molar-refractivity contribution < 1.29 is 14.2 Å². The molecule has 4 nitrogen and oxygen atoms in total. The van der Waals surface area contributed by atoms with Gasteiger partial charge in [0, 0.05) is 19.1 Å². The molecule has 5 heteroatoms. The van der Waals surface area contributed by atoms with Gasteiger partial charge in [-0.1, -0.05) is 12.1 Å². The topological polar surface area (TPSA) is 44.7 Å². The average molecular weight is 282 g/mol. The summed E-state index contributed by atoms with van der Waals surface area (Å²) in [5, 5.41) is 12.6.